The normalized spacial score (nSPS) is 28.3. The minimum absolute atomic E-state index is 0.549. The predicted molar refractivity (Wildman–Crippen MR) is 82.3 cm³/mol. The molecule has 0 aromatic carbocycles. The Balaban J connectivity index is 2.05. The highest BCUT2D eigenvalue weighted by Gasteiger charge is 2.34. The Kier molecular flexibility index (Phi) is 4.46. The quantitative estimate of drug-likeness (QED) is 0.790. The van der Waals surface area contributed by atoms with Crippen LogP contribution in [0.1, 0.15) is 33.1 Å². The predicted octanol–water partition coefficient (Wildman–Crippen LogP) is 2.60. The van der Waals surface area contributed by atoms with Crippen LogP contribution in [0.3, 0.4) is 0 Å². The van der Waals surface area contributed by atoms with Gasteiger partial charge in [0.05, 0.1) is 0 Å². The molecule has 2 N–H and O–H groups in total. The van der Waals surface area contributed by atoms with E-state index < -0.39 is 0 Å². The Bertz CT molecular complexity index is 402. The number of nitrogens with zero attached hydrogens (tertiary/aromatic N) is 2. The third-order valence-corrected chi connectivity index (χ3v) is 4.41. The van der Waals surface area contributed by atoms with E-state index >= 15 is 0 Å². The van der Waals surface area contributed by atoms with Crippen LogP contribution in [0.2, 0.25) is 0 Å². The van der Waals surface area contributed by atoms with Crippen LogP contribution in [-0.4, -0.2) is 37.8 Å². The fraction of sp³-hybridized carbons (Fsp3) is 0.688. The molecule has 0 bridgehead atoms. The van der Waals surface area contributed by atoms with Crippen molar-refractivity contribution in [2.24, 2.45) is 22.1 Å². The molecule has 0 aromatic heterocycles. The van der Waals surface area contributed by atoms with Crippen LogP contribution in [0, 0.1) is 11.3 Å². The van der Waals surface area contributed by atoms with E-state index in [0.717, 1.165) is 12.1 Å². The molecule has 19 heavy (non-hydrogen) atoms. The Hall–Kier alpha value is -1.09. The van der Waals surface area contributed by atoms with Crippen LogP contribution in [0.15, 0.2) is 28.4 Å². The van der Waals surface area contributed by atoms with E-state index in [1.165, 1.54) is 37.9 Å². The molecule has 2 aliphatic rings. The number of aliphatic imine (C=N–C) groups is 1. The van der Waals surface area contributed by atoms with Gasteiger partial charge in [0.1, 0.15) is 0 Å². The molecule has 1 aliphatic heterocycles. The molecule has 0 spiro atoms. The molecule has 0 radical (unpaired) electrons. The highest BCUT2D eigenvalue weighted by molar-refractivity contribution is 5.84. The molecule has 1 saturated carbocycles. The van der Waals surface area contributed by atoms with Crippen molar-refractivity contribution < 1.29 is 0 Å². The van der Waals surface area contributed by atoms with Gasteiger partial charge in [0.25, 0.3) is 0 Å². The van der Waals surface area contributed by atoms with Gasteiger partial charge in [-0.25, -0.2) is 0 Å². The van der Waals surface area contributed by atoms with E-state index in [-0.39, 0.29) is 0 Å². The summed E-state index contributed by atoms with van der Waals surface area (Å²) in [7, 11) is 1.80. The molecule has 3 heteroatoms. The third-order valence-electron chi connectivity index (χ3n) is 4.41. The van der Waals surface area contributed by atoms with Gasteiger partial charge in [-0.2, -0.15) is 0 Å². The van der Waals surface area contributed by atoms with E-state index in [1.807, 2.05) is 6.21 Å². The second-order valence-electron chi connectivity index (χ2n) is 6.51. The smallest absolute Gasteiger partial charge is 0.0298 e. The zero-order valence-corrected chi connectivity index (χ0v) is 12.5. The fourth-order valence-corrected chi connectivity index (χ4v) is 3.32. The zero-order chi connectivity index (χ0) is 13.9. The van der Waals surface area contributed by atoms with Crippen LogP contribution in [0.4, 0.5) is 0 Å². The largest absolute Gasteiger partial charge is 0.404 e. The Morgan fingerprint density at radius 2 is 2.32 bits per heavy atom. The maximum absolute atomic E-state index is 5.73. The van der Waals surface area contributed by atoms with Crippen molar-refractivity contribution in [3.63, 3.8) is 0 Å². The summed E-state index contributed by atoms with van der Waals surface area (Å²) in [6.07, 6.45) is 10.1. The molecule has 1 atom stereocenters. The standard InChI is InChI=1S/C16H27N3/c1-13-7-14(15(8-17)9-18-3)11-19(10-13)12-16(2)5-4-6-16/h7-9,13H,4-6,10-12,17H2,1-3H3/b15-8+,18-9?. The van der Waals surface area contributed by atoms with Crippen molar-refractivity contribution in [3.05, 3.63) is 23.4 Å². The molecule has 106 valence electrons. The molecule has 0 aromatic rings. The summed E-state index contributed by atoms with van der Waals surface area (Å²) in [6.45, 7) is 8.10. The maximum atomic E-state index is 5.73. The Labute approximate surface area is 117 Å². The number of hydrogen-bond acceptors (Lipinski definition) is 3. The van der Waals surface area contributed by atoms with Crippen LogP contribution in [0.5, 0.6) is 0 Å². The molecule has 0 saturated heterocycles. The van der Waals surface area contributed by atoms with Crippen LogP contribution >= 0.6 is 0 Å². The fourth-order valence-electron chi connectivity index (χ4n) is 3.32. The molecule has 2 rings (SSSR count). The van der Waals surface area contributed by atoms with Crippen LogP contribution < -0.4 is 5.73 Å². The summed E-state index contributed by atoms with van der Waals surface area (Å²) < 4.78 is 0. The average molecular weight is 261 g/mol. The van der Waals surface area contributed by atoms with Crippen molar-refractivity contribution >= 4 is 6.21 Å². The SMILES string of the molecule is CN=C/C(=C\N)C1=CC(C)CN(CC2(C)CCC2)C1. The number of nitrogens with two attached hydrogens (primary N) is 1. The lowest BCUT2D eigenvalue weighted by Gasteiger charge is -2.44. The summed E-state index contributed by atoms with van der Waals surface area (Å²) in [5.41, 5.74) is 8.68. The Morgan fingerprint density at radius 3 is 2.84 bits per heavy atom. The first-order valence-corrected chi connectivity index (χ1v) is 7.34. The second kappa shape index (κ2) is 5.91. The van der Waals surface area contributed by atoms with Gasteiger partial charge in [0.2, 0.25) is 0 Å². The minimum Gasteiger partial charge on any atom is -0.404 e. The van der Waals surface area contributed by atoms with Gasteiger partial charge >= 0.3 is 0 Å². The lowest BCUT2D eigenvalue weighted by Crippen LogP contribution is -2.44. The van der Waals surface area contributed by atoms with Gasteiger partial charge in [-0.3, -0.25) is 9.89 Å². The van der Waals surface area contributed by atoms with Crippen molar-refractivity contribution in [2.45, 2.75) is 33.1 Å². The molecule has 1 aliphatic carbocycles. The molecule has 0 amide bonds. The van der Waals surface area contributed by atoms with Gasteiger partial charge in [-0.15, -0.1) is 0 Å². The molecule has 3 nitrogen and oxygen atoms in total. The highest BCUT2D eigenvalue weighted by atomic mass is 15.1. The second-order valence-corrected chi connectivity index (χ2v) is 6.51. The maximum Gasteiger partial charge on any atom is 0.0298 e. The first-order valence-electron chi connectivity index (χ1n) is 7.34. The number of rotatable bonds is 4. The van der Waals surface area contributed by atoms with E-state index in [9.17, 15) is 0 Å². The van der Waals surface area contributed by atoms with Gasteiger partial charge in [0, 0.05) is 44.7 Å². The molecule has 1 heterocycles. The lowest BCUT2D eigenvalue weighted by atomic mass is 9.70. The van der Waals surface area contributed by atoms with E-state index in [1.54, 1.807) is 13.2 Å². The van der Waals surface area contributed by atoms with Crippen molar-refractivity contribution in [3.8, 4) is 0 Å². The summed E-state index contributed by atoms with van der Waals surface area (Å²) >= 11 is 0. The van der Waals surface area contributed by atoms with Crippen LogP contribution in [-0.2, 0) is 0 Å². The summed E-state index contributed by atoms with van der Waals surface area (Å²) in [4.78, 5) is 6.69. The first kappa shape index (κ1) is 14.3. The highest BCUT2D eigenvalue weighted by Crippen LogP contribution is 2.41. The topological polar surface area (TPSA) is 41.6 Å². The first-order chi connectivity index (χ1) is 9.06. The van der Waals surface area contributed by atoms with E-state index in [2.05, 4.69) is 29.8 Å². The van der Waals surface area contributed by atoms with Crippen molar-refractivity contribution in [1.29, 1.82) is 0 Å². The zero-order valence-electron chi connectivity index (χ0n) is 12.5. The van der Waals surface area contributed by atoms with Gasteiger partial charge in [0.15, 0.2) is 0 Å². The lowest BCUT2D eigenvalue weighted by molar-refractivity contribution is 0.0828. The van der Waals surface area contributed by atoms with E-state index in [0.29, 0.717) is 11.3 Å². The van der Waals surface area contributed by atoms with E-state index in [4.69, 9.17) is 5.73 Å². The van der Waals surface area contributed by atoms with Crippen LogP contribution in [0.25, 0.3) is 0 Å². The minimum atomic E-state index is 0.549. The third kappa shape index (κ3) is 3.47. The van der Waals surface area contributed by atoms with Gasteiger partial charge in [-0.05, 0) is 29.7 Å². The summed E-state index contributed by atoms with van der Waals surface area (Å²) in [6, 6.07) is 0. The monoisotopic (exact) mass is 261 g/mol. The summed E-state index contributed by atoms with van der Waals surface area (Å²) in [5.74, 6) is 0.590. The van der Waals surface area contributed by atoms with Gasteiger partial charge < -0.3 is 5.73 Å². The molecule has 1 unspecified atom stereocenters. The molecular weight excluding hydrogens is 234 g/mol. The molecular formula is C16H27N3. The average Bonchev–Trinajstić information content (AvgIpc) is 2.33. The van der Waals surface area contributed by atoms with Crippen molar-refractivity contribution in [1.82, 2.24) is 4.90 Å². The van der Waals surface area contributed by atoms with Gasteiger partial charge in [-0.1, -0.05) is 26.3 Å². The number of hydrogen-bond donors (Lipinski definition) is 1. The van der Waals surface area contributed by atoms with Crippen molar-refractivity contribution in [2.75, 3.05) is 26.7 Å². The Morgan fingerprint density at radius 1 is 1.58 bits per heavy atom. The summed E-state index contributed by atoms with van der Waals surface area (Å²) in [5, 5.41) is 0. The molecule has 1 fully saturated rings.